The lowest BCUT2D eigenvalue weighted by Gasteiger charge is -2.00. The van der Waals surface area contributed by atoms with Crippen LogP contribution in [-0.4, -0.2) is 19.9 Å². The van der Waals surface area contributed by atoms with Gasteiger partial charge in [0.15, 0.2) is 5.71 Å². The molecule has 0 amide bonds. The van der Waals surface area contributed by atoms with E-state index in [0.717, 1.165) is 0 Å². The molecule has 0 aliphatic carbocycles. The summed E-state index contributed by atoms with van der Waals surface area (Å²) in [6, 6.07) is 10.3. The minimum Gasteiger partial charge on any atom is -0.267 e. The van der Waals surface area contributed by atoms with Crippen molar-refractivity contribution in [3.05, 3.63) is 35.9 Å². The van der Waals surface area contributed by atoms with Crippen LogP contribution in [-0.2, 0) is 14.4 Å². The number of nitriles is 1. The number of hydrogen-bond acceptors (Lipinski definition) is 5. The summed E-state index contributed by atoms with van der Waals surface area (Å²) in [5.74, 6) is -0.121. The Kier molecular flexibility index (Phi) is 4.67. The van der Waals surface area contributed by atoms with Crippen LogP contribution >= 0.6 is 0 Å². The van der Waals surface area contributed by atoms with Gasteiger partial charge in [0.1, 0.15) is 6.07 Å². The fraction of sp³-hybridized carbons (Fsp3) is 0.273. The van der Waals surface area contributed by atoms with Crippen LogP contribution < -0.4 is 0 Å². The van der Waals surface area contributed by atoms with Crippen molar-refractivity contribution in [2.24, 2.45) is 5.16 Å². The van der Waals surface area contributed by atoms with Gasteiger partial charge in [-0.05, 0) is 6.42 Å². The average molecular weight is 252 g/mol. The molecular weight excluding hydrogens is 240 g/mol. The van der Waals surface area contributed by atoms with Crippen molar-refractivity contribution >= 4 is 15.8 Å². The van der Waals surface area contributed by atoms with E-state index in [2.05, 4.69) is 9.44 Å². The number of hydrogen-bond donors (Lipinski definition) is 0. The van der Waals surface area contributed by atoms with Gasteiger partial charge in [0, 0.05) is 5.56 Å². The zero-order valence-corrected chi connectivity index (χ0v) is 10.1. The van der Waals surface area contributed by atoms with Crippen molar-refractivity contribution in [3.63, 3.8) is 0 Å². The summed E-state index contributed by atoms with van der Waals surface area (Å²) in [4.78, 5) is 0. The largest absolute Gasteiger partial charge is 0.328 e. The number of nitrogens with zero attached hydrogens (tertiary/aromatic N) is 2. The first kappa shape index (κ1) is 13.2. The highest BCUT2D eigenvalue weighted by atomic mass is 32.2. The molecule has 0 aromatic heterocycles. The van der Waals surface area contributed by atoms with E-state index in [1.165, 1.54) is 0 Å². The highest BCUT2D eigenvalue weighted by Gasteiger charge is 2.11. The van der Waals surface area contributed by atoms with Gasteiger partial charge in [0.2, 0.25) is 0 Å². The summed E-state index contributed by atoms with van der Waals surface area (Å²) in [5.41, 5.74) is 0.451. The number of rotatable bonds is 5. The molecule has 1 aromatic carbocycles. The fourth-order valence-electron chi connectivity index (χ4n) is 1.12. The Morgan fingerprint density at radius 2 is 2.06 bits per heavy atom. The van der Waals surface area contributed by atoms with Gasteiger partial charge >= 0.3 is 10.1 Å². The molecule has 0 aliphatic heterocycles. The second-order valence-electron chi connectivity index (χ2n) is 3.25. The van der Waals surface area contributed by atoms with Gasteiger partial charge in [-0.3, -0.25) is 4.28 Å². The Morgan fingerprint density at radius 3 is 2.59 bits per heavy atom. The molecule has 0 spiro atoms. The highest BCUT2D eigenvalue weighted by Crippen LogP contribution is 2.03. The monoisotopic (exact) mass is 252 g/mol. The van der Waals surface area contributed by atoms with Gasteiger partial charge < -0.3 is 0 Å². The van der Waals surface area contributed by atoms with Crippen molar-refractivity contribution < 1.29 is 12.7 Å². The Morgan fingerprint density at radius 1 is 1.41 bits per heavy atom. The SMILES string of the molecule is CCCS(=O)(=O)O/N=C(/C#N)c1ccccc1. The molecule has 0 fully saturated rings. The predicted octanol–water partition coefficient (Wildman–Crippen LogP) is 1.67. The molecule has 5 nitrogen and oxygen atoms in total. The topological polar surface area (TPSA) is 79.5 Å². The summed E-state index contributed by atoms with van der Waals surface area (Å²) in [5, 5.41) is 12.2. The first-order chi connectivity index (χ1) is 8.09. The van der Waals surface area contributed by atoms with Gasteiger partial charge in [0.05, 0.1) is 5.75 Å². The smallest absolute Gasteiger partial charge is 0.267 e. The van der Waals surface area contributed by atoms with Crippen molar-refractivity contribution in [2.45, 2.75) is 13.3 Å². The van der Waals surface area contributed by atoms with Gasteiger partial charge in [-0.15, -0.1) is 0 Å². The molecule has 0 N–H and O–H groups in total. The van der Waals surface area contributed by atoms with Gasteiger partial charge in [-0.2, -0.15) is 13.7 Å². The lowest BCUT2D eigenvalue weighted by Crippen LogP contribution is -2.08. The molecule has 0 unspecified atom stereocenters. The van der Waals surface area contributed by atoms with E-state index in [0.29, 0.717) is 12.0 Å². The first-order valence-electron chi connectivity index (χ1n) is 5.04. The van der Waals surface area contributed by atoms with E-state index in [-0.39, 0.29) is 11.5 Å². The van der Waals surface area contributed by atoms with Crippen LogP contribution in [0.25, 0.3) is 0 Å². The first-order valence-corrected chi connectivity index (χ1v) is 6.61. The van der Waals surface area contributed by atoms with E-state index < -0.39 is 10.1 Å². The molecule has 0 saturated carbocycles. The predicted molar refractivity (Wildman–Crippen MR) is 63.8 cm³/mol. The molecule has 17 heavy (non-hydrogen) atoms. The molecule has 1 rings (SSSR count). The maximum absolute atomic E-state index is 11.2. The average Bonchev–Trinajstić information content (AvgIpc) is 2.31. The third-order valence-electron chi connectivity index (χ3n) is 1.85. The minimum atomic E-state index is -3.68. The molecular formula is C11H12N2O3S. The molecule has 6 heteroatoms. The number of benzene rings is 1. The summed E-state index contributed by atoms with van der Waals surface area (Å²) < 4.78 is 26.9. The zero-order chi connectivity index (χ0) is 12.7. The molecule has 90 valence electrons. The van der Waals surface area contributed by atoms with Crippen LogP contribution in [0.3, 0.4) is 0 Å². The maximum atomic E-state index is 11.2. The van der Waals surface area contributed by atoms with Gasteiger partial charge in [-0.1, -0.05) is 42.4 Å². The van der Waals surface area contributed by atoms with Gasteiger partial charge in [0.25, 0.3) is 0 Å². The Labute approximate surface area is 100 Å². The molecule has 1 aromatic rings. The molecule has 0 aliphatic rings. The van der Waals surface area contributed by atoms with Crippen LogP contribution in [0.15, 0.2) is 35.5 Å². The van der Waals surface area contributed by atoms with Crippen molar-refractivity contribution in [3.8, 4) is 6.07 Å². The van der Waals surface area contributed by atoms with Crippen LogP contribution in [0.1, 0.15) is 18.9 Å². The Balaban J connectivity index is 2.88. The third kappa shape index (κ3) is 4.25. The Bertz CT molecular complexity index is 530. The van der Waals surface area contributed by atoms with Crippen LogP contribution in [0, 0.1) is 11.3 Å². The van der Waals surface area contributed by atoms with Crippen molar-refractivity contribution in [1.29, 1.82) is 5.26 Å². The Hall–Kier alpha value is -1.87. The molecule has 0 atom stereocenters. The van der Waals surface area contributed by atoms with Crippen LogP contribution in [0.2, 0.25) is 0 Å². The van der Waals surface area contributed by atoms with Crippen molar-refractivity contribution in [2.75, 3.05) is 5.75 Å². The van der Waals surface area contributed by atoms with Crippen molar-refractivity contribution in [1.82, 2.24) is 0 Å². The van der Waals surface area contributed by atoms with Crippen LogP contribution in [0.5, 0.6) is 0 Å². The highest BCUT2D eigenvalue weighted by molar-refractivity contribution is 7.86. The van der Waals surface area contributed by atoms with E-state index >= 15 is 0 Å². The zero-order valence-electron chi connectivity index (χ0n) is 9.33. The lowest BCUT2D eigenvalue weighted by atomic mass is 10.1. The second-order valence-corrected chi connectivity index (χ2v) is 4.93. The number of oxime groups is 1. The molecule has 0 bridgehead atoms. The quantitative estimate of drug-likeness (QED) is 0.589. The van der Waals surface area contributed by atoms with E-state index in [4.69, 9.17) is 5.26 Å². The summed E-state index contributed by atoms with van der Waals surface area (Å²) in [6.07, 6.45) is 0.436. The maximum Gasteiger partial charge on any atom is 0.328 e. The van der Waals surface area contributed by atoms with E-state index in [1.54, 1.807) is 43.3 Å². The van der Waals surface area contributed by atoms with Gasteiger partial charge in [-0.25, -0.2) is 0 Å². The summed E-state index contributed by atoms with van der Waals surface area (Å²) in [7, 11) is -3.68. The molecule has 0 heterocycles. The lowest BCUT2D eigenvalue weighted by molar-refractivity contribution is 0.339. The normalized spacial score (nSPS) is 11.9. The standard InChI is InChI=1S/C11H12N2O3S/c1-2-8-17(14,15)16-13-11(9-12)10-6-4-3-5-7-10/h3-7H,2,8H2,1H3/b13-11-. The summed E-state index contributed by atoms with van der Waals surface area (Å²) in [6.45, 7) is 1.72. The molecule has 0 saturated heterocycles. The van der Waals surface area contributed by atoms with E-state index in [1.807, 2.05) is 0 Å². The summed E-state index contributed by atoms with van der Waals surface area (Å²) >= 11 is 0. The van der Waals surface area contributed by atoms with Crippen LogP contribution in [0.4, 0.5) is 0 Å². The fourth-order valence-corrected chi connectivity index (χ4v) is 1.88. The van der Waals surface area contributed by atoms with E-state index in [9.17, 15) is 8.42 Å². The second kappa shape index (κ2) is 6.01. The third-order valence-corrected chi connectivity index (χ3v) is 3.06. The minimum absolute atomic E-state index is 0.0646. The molecule has 0 radical (unpaired) electrons.